The van der Waals surface area contributed by atoms with Crippen LogP contribution in [0, 0.1) is 0 Å². The van der Waals surface area contributed by atoms with Crippen LogP contribution in [0.1, 0.15) is 16.8 Å². The average molecular weight is 360 g/mol. The minimum atomic E-state index is -0.00313. The van der Waals surface area contributed by atoms with E-state index in [1.807, 2.05) is 18.2 Å². The van der Waals surface area contributed by atoms with Gasteiger partial charge in [-0.25, -0.2) is 0 Å². The van der Waals surface area contributed by atoms with Gasteiger partial charge in [0, 0.05) is 17.4 Å². The van der Waals surface area contributed by atoms with E-state index in [9.17, 15) is 4.79 Å². The van der Waals surface area contributed by atoms with Gasteiger partial charge in [-0.2, -0.15) is 0 Å². The van der Waals surface area contributed by atoms with Crippen LogP contribution in [0.15, 0.2) is 41.3 Å². The number of rotatable bonds is 6. The molecular formula is C19H20O5S. The second-order valence-corrected chi connectivity index (χ2v) is 6.49. The molecule has 6 heteroatoms. The lowest BCUT2D eigenvalue weighted by molar-refractivity contribution is 0.101. The summed E-state index contributed by atoms with van der Waals surface area (Å²) in [5.41, 5.74) is 0.546. The van der Waals surface area contributed by atoms with Crippen LogP contribution in [0.5, 0.6) is 23.0 Å². The zero-order valence-electron chi connectivity index (χ0n) is 14.2. The van der Waals surface area contributed by atoms with Gasteiger partial charge in [-0.15, -0.1) is 11.8 Å². The number of ether oxygens (including phenoxy) is 4. The van der Waals surface area contributed by atoms with Crippen LogP contribution in [-0.2, 0) is 0 Å². The molecule has 0 aromatic heterocycles. The molecule has 2 aromatic carbocycles. The summed E-state index contributed by atoms with van der Waals surface area (Å²) >= 11 is 1.46. The quantitative estimate of drug-likeness (QED) is 0.576. The minimum Gasteiger partial charge on any atom is -0.497 e. The number of hydrogen-bond acceptors (Lipinski definition) is 6. The number of fused-ring (bicyclic) bond motifs is 1. The number of Topliss-reactive ketones (excluding diaryl/α,β-unsaturated/α-hetero) is 1. The first kappa shape index (κ1) is 17.5. The van der Waals surface area contributed by atoms with Crippen molar-refractivity contribution in [3.63, 3.8) is 0 Å². The zero-order valence-corrected chi connectivity index (χ0v) is 15.1. The molecule has 0 atom stereocenters. The monoisotopic (exact) mass is 360 g/mol. The maximum absolute atomic E-state index is 12.5. The molecule has 0 saturated carbocycles. The summed E-state index contributed by atoms with van der Waals surface area (Å²) in [6.45, 7) is 1.30. The molecule has 0 amide bonds. The van der Waals surface area contributed by atoms with Crippen LogP contribution in [0.4, 0.5) is 0 Å². The Bertz CT molecular complexity index is 759. The fourth-order valence-electron chi connectivity index (χ4n) is 2.49. The highest BCUT2D eigenvalue weighted by Gasteiger charge is 2.15. The normalized spacial score (nSPS) is 13.0. The van der Waals surface area contributed by atoms with E-state index in [-0.39, 0.29) is 5.78 Å². The molecule has 0 radical (unpaired) electrons. The van der Waals surface area contributed by atoms with E-state index < -0.39 is 0 Å². The van der Waals surface area contributed by atoms with Crippen LogP contribution in [0.3, 0.4) is 0 Å². The Morgan fingerprint density at radius 2 is 1.84 bits per heavy atom. The van der Waals surface area contributed by atoms with Gasteiger partial charge in [0.05, 0.1) is 38.7 Å². The Morgan fingerprint density at radius 1 is 1.04 bits per heavy atom. The van der Waals surface area contributed by atoms with Gasteiger partial charge in [0.25, 0.3) is 0 Å². The van der Waals surface area contributed by atoms with E-state index in [2.05, 4.69) is 0 Å². The molecule has 5 nitrogen and oxygen atoms in total. The van der Waals surface area contributed by atoms with E-state index >= 15 is 0 Å². The Morgan fingerprint density at radius 3 is 2.60 bits per heavy atom. The molecule has 0 aliphatic carbocycles. The Balaban J connectivity index is 1.69. The van der Waals surface area contributed by atoms with Gasteiger partial charge in [0.1, 0.15) is 11.5 Å². The first-order valence-corrected chi connectivity index (χ1v) is 8.97. The van der Waals surface area contributed by atoms with Crippen LogP contribution in [-0.4, -0.2) is 39.0 Å². The summed E-state index contributed by atoms with van der Waals surface area (Å²) in [7, 11) is 3.12. The summed E-state index contributed by atoms with van der Waals surface area (Å²) in [6.07, 6.45) is 0.868. The number of benzene rings is 2. The lowest BCUT2D eigenvalue weighted by atomic mass is 10.1. The second kappa shape index (κ2) is 8.16. The zero-order chi connectivity index (χ0) is 17.6. The molecule has 3 rings (SSSR count). The third kappa shape index (κ3) is 4.20. The molecule has 0 saturated heterocycles. The van der Waals surface area contributed by atoms with Gasteiger partial charge < -0.3 is 18.9 Å². The summed E-state index contributed by atoms with van der Waals surface area (Å²) in [5, 5.41) is 0. The standard InChI is InChI=1S/C19H20O5S/c1-21-13-4-6-15(18(10-13)22-2)16(20)12-25-14-5-7-17-19(11-14)24-9-3-8-23-17/h4-7,10-11H,3,8-9,12H2,1-2H3. The Labute approximate surface area is 151 Å². The minimum absolute atomic E-state index is 0.00313. The highest BCUT2D eigenvalue weighted by Crippen LogP contribution is 2.34. The summed E-state index contributed by atoms with van der Waals surface area (Å²) < 4.78 is 21.8. The molecule has 0 bridgehead atoms. The molecule has 25 heavy (non-hydrogen) atoms. The molecule has 132 valence electrons. The molecule has 0 unspecified atom stereocenters. The van der Waals surface area contributed by atoms with E-state index in [1.54, 1.807) is 32.4 Å². The molecule has 0 spiro atoms. The average Bonchev–Trinajstić information content (AvgIpc) is 2.90. The van der Waals surface area contributed by atoms with Crippen LogP contribution in [0.25, 0.3) is 0 Å². The Kier molecular flexibility index (Phi) is 5.71. The highest BCUT2D eigenvalue weighted by molar-refractivity contribution is 8.00. The van der Waals surface area contributed by atoms with Gasteiger partial charge in [-0.1, -0.05) is 0 Å². The molecule has 1 aliphatic heterocycles. The fourth-order valence-corrected chi connectivity index (χ4v) is 3.30. The van der Waals surface area contributed by atoms with Crippen LogP contribution >= 0.6 is 11.8 Å². The van der Waals surface area contributed by atoms with Gasteiger partial charge in [0.15, 0.2) is 17.3 Å². The molecule has 0 N–H and O–H groups in total. The van der Waals surface area contributed by atoms with Crippen molar-refractivity contribution in [3.8, 4) is 23.0 Å². The van der Waals surface area contributed by atoms with Crippen molar-refractivity contribution < 1.29 is 23.7 Å². The summed E-state index contributed by atoms with van der Waals surface area (Å²) in [5.74, 6) is 2.97. The van der Waals surface area contributed by atoms with Crippen LogP contribution < -0.4 is 18.9 Å². The topological polar surface area (TPSA) is 54.0 Å². The predicted octanol–water partition coefficient (Wildman–Crippen LogP) is 3.84. The molecule has 0 fully saturated rings. The summed E-state index contributed by atoms with van der Waals surface area (Å²) in [4.78, 5) is 13.5. The molecule has 1 heterocycles. The number of ketones is 1. The van der Waals surface area contributed by atoms with Crippen molar-refractivity contribution in [1.29, 1.82) is 0 Å². The summed E-state index contributed by atoms with van der Waals surface area (Å²) in [6, 6.07) is 11.0. The van der Waals surface area contributed by atoms with Crippen molar-refractivity contribution in [1.82, 2.24) is 0 Å². The first-order chi connectivity index (χ1) is 12.2. The van der Waals surface area contributed by atoms with Gasteiger partial charge in [-0.05, 0) is 30.3 Å². The fraction of sp³-hybridized carbons (Fsp3) is 0.316. The predicted molar refractivity (Wildman–Crippen MR) is 96.6 cm³/mol. The number of hydrogen-bond donors (Lipinski definition) is 0. The van der Waals surface area contributed by atoms with Gasteiger partial charge in [-0.3, -0.25) is 4.79 Å². The lowest BCUT2D eigenvalue weighted by Gasteiger charge is -2.11. The molecule has 1 aliphatic rings. The highest BCUT2D eigenvalue weighted by atomic mass is 32.2. The second-order valence-electron chi connectivity index (χ2n) is 5.44. The SMILES string of the molecule is COc1ccc(C(=O)CSc2ccc3c(c2)OCCCO3)c(OC)c1. The third-order valence-electron chi connectivity index (χ3n) is 3.80. The van der Waals surface area contributed by atoms with Crippen molar-refractivity contribution in [3.05, 3.63) is 42.0 Å². The third-order valence-corrected chi connectivity index (χ3v) is 4.79. The van der Waals surface area contributed by atoms with E-state index in [0.717, 1.165) is 22.8 Å². The number of thioether (sulfide) groups is 1. The van der Waals surface area contributed by atoms with Gasteiger partial charge in [0.2, 0.25) is 0 Å². The number of methoxy groups -OCH3 is 2. The van der Waals surface area contributed by atoms with Gasteiger partial charge >= 0.3 is 0 Å². The lowest BCUT2D eigenvalue weighted by Crippen LogP contribution is -2.05. The molecule has 2 aromatic rings. The van der Waals surface area contributed by atoms with E-state index in [4.69, 9.17) is 18.9 Å². The van der Waals surface area contributed by atoms with E-state index in [0.29, 0.717) is 36.0 Å². The van der Waals surface area contributed by atoms with Crippen molar-refractivity contribution in [2.45, 2.75) is 11.3 Å². The van der Waals surface area contributed by atoms with E-state index in [1.165, 1.54) is 11.8 Å². The smallest absolute Gasteiger partial charge is 0.176 e. The Hall–Kier alpha value is -2.34. The maximum Gasteiger partial charge on any atom is 0.176 e. The van der Waals surface area contributed by atoms with Crippen molar-refractivity contribution >= 4 is 17.5 Å². The number of carbonyl (C=O) groups excluding carboxylic acids is 1. The maximum atomic E-state index is 12.5. The van der Waals surface area contributed by atoms with Crippen molar-refractivity contribution in [2.75, 3.05) is 33.2 Å². The largest absolute Gasteiger partial charge is 0.497 e. The number of carbonyl (C=O) groups is 1. The van der Waals surface area contributed by atoms with Crippen molar-refractivity contribution in [2.24, 2.45) is 0 Å². The van der Waals surface area contributed by atoms with Crippen LogP contribution in [0.2, 0.25) is 0 Å². The first-order valence-electron chi connectivity index (χ1n) is 7.99. The molecular weight excluding hydrogens is 340 g/mol.